The molecule has 4 rings (SSSR count). The third kappa shape index (κ3) is 12.8. The van der Waals surface area contributed by atoms with Crippen LogP contribution < -0.4 is 19.5 Å². The maximum absolute atomic E-state index is 12.0. The first-order valence-corrected chi connectivity index (χ1v) is 16.1. The first-order valence-electron chi connectivity index (χ1n) is 16.1. The van der Waals surface area contributed by atoms with Gasteiger partial charge in [-0.25, -0.2) is 19.2 Å². The van der Waals surface area contributed by atoms with E-state index in [-0.39, 0.29) is 11.1 Å². The lowest BCUT2D eigenvalue weighted by Gasteiger charge is -2.21. The highest BCUT2D eigenvalue weighted by molar-refractivity contribution is 5.95. The first kappa shape index (κ1) is 39.6. The van der Waals surface area contributed by atoms with Crippen LogP contribution in [0, 0.1) is 0 Å². The standard InChI is InChI=1S/C21H29NO3.C18H14O8/c1-16(5-6-17-7-10-19(23-2)11-8-17)22-14-13-18-9-12-20(24-3)21(15-18)25-4;19-15(20)13(25-17(23)11-7-3-1-4-8-11)14(16(21)22)26-18(24)12-9-5-2-6-10-12/h7-12,15-16,22H,5-6,13-14H2,1-4H3;1-10,13-14H,(H,19,20)(H,21,22)/t;13-,14-/m.1/s1. The Labute approximate surface area is 296 Å². The average molecular weight is 702 g/mol. The van der Waals surface area contributed by atoms with Gasteiger partial charge in [0.2, 0.25) is 12.2 Å². The number of hydrogen-bond acceptors (Lipinski definition) is 10. The molecule has 3 N–H and O–H groups in total. The van der Waals surface area contributed by atoms with E-state index in [4.69, 9.17) is 23.7 Å². The van der Waals surface area contributed by atoms with Crippen LogP contribution >= 0.6 is 0 Å². The maximum atomic E-state index is 12.0. The third-order valence-electron chi connectivity index (χ3n) is 7.63. The summed E-state index contributed by atoms with van der Waals surface area (Å²) in [6, 6.07) is 29.7. The minimum absolute atomic E-state index is 0.0253. The number of ether oxygens (including phenoxy) is 5. The minimum atomic E-state index is -2.21. The lowest BCUT2D eigenvalue weighted by Crippen LogP contribution is -2.45. The summed E-state index contributed by atoms with van der Waals surface area (Å²) in [4.78, 5) is 46.8. The topological polar surface area (TPSA) is 167 Å². The Hall–Kier alpha value is -5.88. The molecule has 0 saturated heterocycles. The van der Waals surface area contributed by atoms with Gasteiger partial charge in [0.05, 0.1) is 32.5 Å². The summed E-state index contributed by atoms with van der Waals surface area (Å²) in [6.45, 7) is 3.18. The zero-order valence-corrected chi connectivity index (χ0v) is 28.9. The number of benzene rings is 4. The quantitative estimate of drug-likeness (QED) is 0.119. The molecule has 0 spiro atoms. The molecule has 0 aliphatic rings. The second-order valence-corrected chi connectivity index (χ2v) is 11.2. The van der Waals surface area contributed by atoms with Crippen LogP contribution in [0.25, 0.3) is 0 Å². The van der Waals surface area contributed by atoms with E-state index in [0.29, 0.717) is 6.04 Å². The van der Waals surface area contributed by atoms with Gasteiger partial charge in [-0.3, -0.25) is 0 Å². The van der Waals surface area contributed by atoms with Crippen molar-refractivity contribution < 1.29 is 53.1 Å². The lowest BCUT2D eigenvalue weighted by molar-refractivity contribution is -0.166. The number of esters is 2. The van der Waals surface area contributed by atoms with Gasteiger partial charge in [0.25, 0.3) is 0 Å². The van der Waals surface area contributed by atoms with Crippen LogP contribution in [0.5, 0.6) is 17.2 Å². The van der Waals surface area contributed by atoms with Crippen LogP contribution in [0.4, 0.5) is 0 Å². The molecule has 12 heteroatoms. The average Bonchev–Trinajstić information content (AvgIpc) is 3.16. The first-order chi connectivity index (χ1) is 24.6. The molecule has 0 bridgehead atoms. The van der Waals surface area contributed by atoms with Crippen molar-refractivity contribution in [3.05, 3.63) is 125 Å². The summed E-state index contributed by atoms with van der Waals surface area (Å²) < 4.78 is 25.3. The Balaban J connectivity index is 0.000000276. The summed E-state index contributed by atoms with van der Waals surface area (Å²) in [7, 11) is 5.02. The monoisotopic (exact) mass is 701 g/mol. The minimum Gasteiger partial charge on any atom is -0.497 e. The Morgan fingerprint density at radius 2 is 1.10 bits per heavy atom. The smallest absolute Gasteiger partial charge is 0.349 e. The van der Waals surface area contributed by atoms with Crippen LogP contribution in [0.15, 0.2) is 103 Å². The van der Waals surface area contributed by atoms with Crippen molar-refractivity contribution in [2.45, 2.75) is 44.4 Å². The number of hydrogen-bond donors (Lipinski definition) is 3. The fourth-order valence-corrected chi connectivity index (χ4v) is 4.78. The molecule has 12 nitrogen and oxygen atoms in total. The molecule has 3 atom stereocenters. The number of aryl methyl sites for hydroxylation is 1. The van der Waals surface area contributed by atoms with E-state index >= 15 is 0 Å². The molecule has 0 aliphatic heterocycles. The molecule has 270 valence electrons. The number of carboxylic acid groups (broad SMARTS) is 2. The van der Waals surface area contributed by atoms with Gasteiger partial charge < -0.3 is 39.2 Å². The van der Waals surface area contributed by atoms with Crippen molar-refractivity contribution >= 4 is 23.9 Å². The molecular weight excluding hydrogens is 658 g/mol. The van der Waals surface area contributed by atoms with Gasteiger partial charge in [-0.2, -0.15) is 0 Å². The Bertz CT molecular complexity index is 1630. The van der Waals surface area contributed by atoms with Crippen molar-refractivity contribution in [3.63, 3.8) is 0 Å². The molecule has 0 aromatic heterocycles. The number of carboxylic acids is 2. The summed E-state index contributed by atoms with van der Waals surface area (Å²) >= 11 is 0. The summed E-state index contributed by atoms with van der Waals surface area (Å²) in [6.07, 6.45) is -1.29. The van der Waals surface area contributed by atoms with Crippen LogP contribution in [-0.4, -0.2) is 80.2 Å². The highest BCUT2D eigenvalue weighted by Gasteiger charge is 2.41. The van der Waals surface area contributed by atoms with Gasteiger partial charge in [0, 0.05) is 6.04 Å². The molecule has 0 aliphatic carbocycles. The number of methoxy groups -OCH3 is 3. The van der Waals surface area contributed by atoms with E-state index in [2.05, 4.69) is 30.4 Å². The Kier molecular flexibility index (Phi) is 16.0. The number of aliphatic carboxylic acids is 2. The van der Waals surface area contributed by atoms with Crippen LogP contribution in [-0.2, 0) is 31.9 Å². The predicted molar refractivity (Wildman–Crippen MR) is 189 cm³/mol. The van der Waals surface area contributed by atoms with E-state index in [1.807, 2.05) is 24.3 Å². The molecule has 0 saturated carbocycles. The Morgan fingerprint density at radius 3 is 1.55 bits per heavy atom. The largest absolute Gasteiger partial charge is 0.497 e. The van der Waals surface area contributed by atoms with Gasteiger partial charge in [0.1, 0.15) is 5.75 Å². The number of carbonyl (C=O) groups is 4. The zero-order chi connectivity index (χ0) is 37.2. The molecule has 4 aromatic rings. The zero-order valence-electron chi connectivity index (χ0n) is 28.9. The van der Waals surface area contributed by atoms with Crippen molar-refractivity contribution in [1.82, 2.24) is 5.32 Å². The highest BCUT2D eigenvalue weighted by Crippen LogP contribution is 2.27. The molecule has 0 fully saturated rings. The predicted octanol–water partition coefficient (Wildman–Crippen LogP) is 5.47. The maximum Gasteiger partial charge on any atom is 0.349 e. The SMILES string of the molecule is COc1ccc(CCC(C)NCCc2ccc(OC)c(OC)c2)cc1.O=C(O[C@@H](C(=O)O)[C@@H](OC(=O)c1ccccc1)C(=O)O)c1ccccc1. The molecule has 1 unspecified atom stereocenters. The van der Waals surface area contributed by atoms with Gasteiger partial charge in [0.15, 0.2) is 11.5 Å². The van der Waals surface area contributed by atoms with Gasteiger partial charge >= 0.3 is 23.9 Å². The summed E-state index contributed by atoms with van der Waals surface area (Å²) in [5.41, 5.74) is 2.64. The second kappa shape index (κ2) is 20.6. The molecule has 0 heterocycles. The third-order valence-corrected chi connectivity index (χ3v) is 7.63. The van der Waals surface area contributed by atoms with Crippen molar-refractivity contribution in [1.29, 1.82) is 0 Å². The molecular formula is C39H43NO11. The van der Waals surface area contributed by atoms with Crippen molar-refractivity contribution in [2.24, 2.45) is 0 Å². The fourth-order valence-electron chi connectivity index (χ4n) is 4.78. The van der Waals surface area contributed by atoms with Gasteiger partial charge in [-0.1, -0.05) is 54.6 Å². The normalized spacial score (nSPS) is 12.2. The van der Waals surface area contributed by atoms with E-state index < -0.39 is 36.1 Å². The van der Waals surface area contributed by atoms with E-state index in [1.165, 1.54) is 59.7 Å². The second-order valence-electron chi connectivity index (χ2n) is 11.2. The van der Waals surface area contributed by atoms with Crippen molar-refractivity contribution in [2.75, 3.05) is 27.9 Å². The number of nitrogens with one attached hydrogen (secondary N) is 1. The molecule has 51 heavy (non-hydrogen) atoms. The van der Waals surface area contributed by atoms with Gasteiger partial charge in [-0.15, -0.1) is 0 Å². The number of carbonyl (C=O) groups excluding carboxylic acids is 2. The van der Waals surface area contributed by atoms with Crippen LogP contribution in [0.2, 0.25) is 0 Å². The van der Waals surface area contributed by atoms with E-state index in [9.17, 15) is 29.4 Å². The van der Waals surface area contributed by atoms with E-state index in [0.717, 1.165) is 43.1 Å². The van der Waals surface area contributed by atoms with Gasteiger partial charge in [-0.05, 0) is 92.4 Å². The highest BCUT2D eigenvalue weighted by atomic mass is 16.6. The Morgan fingerprint density at radius 1 is 0.608 bits per heavy atom. The lowest BCUT2D eigenvalue weighted by atomic mass is 10.1. The molecule has 4 aromatic carbocycles. The molecule has 0 amide bonds. The van der Waals surface area contributed by atoms with E-state index in [1.54, 1.807) is 33.5 Å². The van der Waals surface area contributed by atoms with Crippen LogP contribution in [0.1, 0.15) is 45.2 Å². The number of rotatable bonds is 17. The van der Waals surface area contributed by atoms with Crippen molar-refractivity contribution in [3.8, 4) is 17.2 Å². The van der Waals surface area contributed by atoms with Crippen LogP contribution in [0.3, 0.4) is 0 Å². The molecule has 0 radical (unpaired) electrons. The summed E-state index contributed by atoms with van der Waals surface area (Å²) in [5, 5.41) is 22.1. The fraction of sp³-hybridized carbons (Fsp3) is 0.282. The summed E-state index contributed by atoms with van der Waals surface area (Å²) in [5.74, 6) is -3.17.